The quantitative estimate of drug-likeness (QED) is 0.326. The van der Waals surface area contributed by atoms with Gasteiger partial charge in [0.2, 0.25) is 10.0 Å². The predicted molar refractivity (Wildman–Crippen MR) is 144 cm³/mol. The Morgan fingerprint density at radius 3 is 2.35 bits per heavy atom. The van der Waals surface area contributed by atoms with Crippen LogP contribution in [0.1, 0.15) is 27.0 Å². The van der Waals surface area contributed by atoms with E-state index in [1.54, 1.807) is 48.2 Å². The first kappa shape index (κ1) is 26.4. The average molecular weight is 538 g/mol. The highest BCUT2D eigenvalue weighted by molar-refractivity contribution is 7.98. The molecule has 0 aromatic heterocycles. The number of amides is 1. The van der Waals surface area contributed by atoms with Gasteiger partial charge in [-0.15, -0.1) is 0 Å². The summed E-state index contributed by atoms with van der Waals surface area (Å²) in [6, 6.07) is 19.7. The SMILES string of the molecule is Cc1ccccc1CN(c1ccc(C(=O)NCCSCc2ccc(Cl)cc2Cl)cc1)S(C)(=O)=O. The summed E-state index contributed by atoms with van der Waals surface area (Å²) in [5.41, 5.74) is 3.92. The van der Waals surface area contributed by atoms with Crippen LogP contribution in [0, 0.1) is 6.92 Å². The minimum absolute atomic E-state index is 0.207. The van der Waals surface area contributed by atoms with Gasteiger partial charge in [0.1, 0.15) is 0 Å². The number of nitrogens with zero attached hydrogens (tertiary/aromatic N) is 1. The van der Waals surface area contributed by atoms with Crippen LogP contribution in [0.4, 0.5) is 5.69 Å². The fourth-order valence-corrected chi connectivity index (χ4v) is 5.58. The van der Waals surface area contributed by atoms with Gasteiger partial charge in [0.05, 0.1) is 18.5 Å². The summed E-state index contributed by atoms with van der Waals surface area (Å²) in [7, 11) is -3.50. The van der Waals surface area contributed by atoms with E-state index < -0.39 is 10.0 Å². The Hall–Kier alpha value is -2.19. The van der Waals surface area contributed by atoms with Crippen molar-refractivity contribution in [2.24, 2.45) is 0 Å². The van der Waals surface area contributed by atoms with Gasteiger partial charge in [0, 0.05) is 33.7 Å². The number of sulfonamides is 1. The lowest BCUT2D eigenvalue weighted by molar-refractivity contribution is 0.0956. The van der Waals surface area contributed by atoms with Crippen molar-refractivity contribution < 1.29 is 13.2 Å². The number of aryl methyl sites for hydroxylation is 1. The summed E-state index contributed by atoms with van der Waals surface area (Å²) in [5.74, 6) is 1.24. The van der Waals surface area contributed by atoms with Crippen LogP contribution in [0.3, 0.4) is 0 Å². The topological polar surface area (TPSA) is 66.5 Å². The van der Waals surface area contributed by atoms with E-state index in [0.29, 0.717) is 27.8 Å². The second-order valence-electron chi connectivity index (χ2n) is 7.79. The molecule has 5 nitrogen and oxygen atoms in total. The molecular formula is C25H26Cl2N2O3S2. The molecule has 3 rings (SSSR count). The first-order valence-corrected chi connectivity index (χ1v) is 14.3. The Morgan fingerprint density at radius 2 is 1.71 bits per heavy atom. The lowest BCUT2D eigenvalue weighted by Crippen LogP contribution is -2.30. The summed E-state index contributed by atoms with van der Waals surface area (Å²) in [5, 5.41) is 4.13. The van der Waals surface area contributed by atoms with E-state index in [0.717, 1.165) is 28.2 Å². The van der Waals surface area contributed by atoms with E-state index in [-0.39, 0.29) is 12.5 Å². The van der Waals surface area contributed by atoms with Gasteiger partial charge in [-0.1, -0.05) is 53.5 Å². The molecule has 0 aliphatic rings. The number of rotatable bonds is 10. The molecule has 0 saturated carbocycles. The lowest BCUT2D eigenvalue weighted by atomic mass is 10.1. The molecule has 1 N–H and O–H groups in total. The average Bonchev–Trinajstić information content (AvgIpc) is 2.79. The zero-order valence-corrected chi connectivity index (χ0v) is 22.1. The first-order chi connectivity index (χ1) is 16.1. The maximum absolute atomic E-state index is 12.5. The molecule has 0 bridgehead atoms. The van der Waals surface area contributed by atoms with Gasteiger partial charge in [-0.3, -0.25) is 9.10 Å². The highest BCUT2D eigenvalue weighted by atomic mass is 35.5. The molecule has 34 heavy (non-hydrogen) atoms. The number of nitrogens with one attached hydrogen (secondary N) is 1. The van der Waals surface area contributed by atoms with E-state index in [1.165, 1.54) is 10.6 Å². The maximum atomic E-state index is 12.5. The molecule has 0 unspecified atom stereocenters. The van der Waals surface area contributed by atoms with Crippen LogP contribution in [0.15, 0.2) is 66.7 Å². The Kier molecular flexibility index (Phi) is 9.31. The third kappa shape index (κ3) is 7.40. The van der Waals surface area contributed by atoms with E-state index in [1.807, 2.05) is 37.3 Å². The number of thioether (sulfide) groups is 1. The smallest absolute Gasteiger partial charge is 0.251 e. The molecule has 9 heteroatoms. The van der Waals surface area contributed by atoms with Gasteiger partial charge in [-0.25, -0.2) is 8.42 Å². The molecule has 0 aliphatic heterocycles. The van der Waals surface area contributed by atoms with Gasteiger partial charge in [0.25, 0.3) is 5.91 Å². The Bertz CT molecular complexity index is 1250. The normalized spacial score (nSPS) is 11.3. The van der Waals surface area contributed by atoms with Crippen molar-refractivity contribution in [3.63, 3.8) is 0 Å². The van der Waals surface area contributed by atoms with Crippen LogP contribution in [0.5, 0.6) is 0 Å². The highest BCUT2D eigenvalue weighted by Gasteiger charge is 2.19. The molecule has 1 amide bonds. The van der Waals surface area contributed by atoms with Crippen LogP contribution < -0.4 is 9.62 Å². The van der Waals surface area contributed by atoms with Gasteiger partial charge in [0.15, 0.2) is 0 Å². The van der Waals surface area contributed by atoms with Crippen LogP contribution in [0.2, 0.25) is 10.0 Å². The predicted octanol–water partition coefficient (Wildman–Crippen LogP) is 5.93. The Labute approximate surface area is 215 Å². The first-order valence-electron chi connectivity index (χ1n) is 10.6. The van der Waals surface area contributed by atoms with Gasteiger partial charge >= 0.3 is 0 Å². The van der Waals surface area contributed by atoms with Crippen LogP contribution in [-0.2, 0) is 22.3 Å². The number of carbonyl (C=O) groups excluding carboxylic acids is 1. The molecule has 0 heterocycles. The van der Waals surface area contributed by atoms with E-state index in [2.05, 4.69) is 5.32 Å². The fourth-order valence-electron chi connectivity index (χ4n) is 3.28. The molecule has 0 aliphatic carbocycles. The minimum Gasteiger partial charge on any atom is -0.351 e. The van der Waals surface area contributed by atoms with E-state index >= 15 is 0 Å². The standard InChI is InChI=1S/C25H26Cl2N2O3S2/c1-18-5-3-4-6-20(18)16-29(34(2,31)32)23-11-8-19(9-12-23)25(30)28-13-14-33-17-21-7-10-22(26)15-24(21)27/h3-12,15H,13-14,16-17H2,1-2H3,(H,28,30). The van der Waals surface area contributed by atoms with Crippen molar-refractivity contribution in [2.45, 2.75) is 19.2 Å². The van der Waals surface area contributed by atoms with Crippen molar-refractivity contribution in [3.05, 3.63) is 99.0 Å². The summed E-state index contributed by atoms with van der Waals surface area (Å²) < 4.78 is 26.2. The second kappa shape index (κ2) is 12.0. The summed E-state index contributed by atoms with van der Waals surface area (Å²) in [4.78, 5) is 12.5. The zero-order chi connectivity index (χ0) is 24.7. The van der Waals surface area contributed by atoms with Gasteiger partial charge in [-0.2, -0.15) is 11.8 Å². The molecule has 180 valence electrons. The second-order valence-corrected chi connectivity index (χ2v) is 11.6. The fraction of sp³-hybridized carbons (Fsp3) is 0.240. The number of hydrogen-bond acceptors (Lipinski definition) is 4. The number of hydrogen-bond donors (Lipinski definition) is 1. The molecule has 0 spiro atoms. The molecular weight excluding hydrogens is 511 g/mol. The van der Waals surface area contributed by atoms with Crippen molar-refractivity contribution in [1.29, 1.82) is 0 Å². The lowest BCUT2D eigenvalue weighted by Gasteiger charge is -2.23. The molecule has 0 fully saturated rings. The largest absolute Gasteiger partial charge is 0.351 e. The Morgan fingerprint density at radius 1 is 1.00 bits per heavy atom. The Balaban J connectivity index is 1.55. The number of carbonyl (C=O) groups is 1. The van der Waals surface area contributed by atoms with Crippen molar-refractivity contribution in [1.82, 2.24) is 5.32 Å². The number of anilines is 1. The molecule has 0 atom stereocenters. The van der Waals surface area contributed by atoms with Crippen LogP contribution in [0.25, 0.3) is 0 Å². The molecule has 0 radical (unpaired) electrons. The highest BCUT2D eigenvalue weighted by Crippen LogP contribution is 2.25. The molecule has 3 aromatic rings. The van der Waals surface area contributed by atoms with Crippen molar-refractivity contribution in [2.75, 3.05) is 22.9 Å². The molecule has 0 saturated heterocycles. The molecule has 3 aromatic carbocycles. The van der Waals surface area contributed by atoms with Gasteiger partial charge < -0.3 is 5.32 Å². The summed E-state index contributed by atoms with van der Waals surface area (Å²) in [6.07, 6.45) is 1.18. The van der Waals surface area contributed by atoms with Crippen molar-refractivity contribution >= 4 is 56.6 Å². The summed E-state index contributed by atoms with van der Waals surface area (Å²) >= 11 is 13.8. The van der Waals surface area contributed by atoms with E-state index in [4.69, 9.17) is 23.2 Å². The van der Waals surface area contributed by atoms with Crippen LogP contribution >= 0.6 is 35.0 Å². The summed E-state index contributed by atoms with van der Waals surface area (Å²) in [6.45, 7) is 2.68. The van der Waals surface area contributed by atoms with E-state index in [9.17, 15) is 13.2 Å². The monoisotopic (exact) mass is 536 g/mol. The van der Waals surface area contributed by atoms with Crippen LogP contribution in [-0.4, -0.2) is 32.9 Å². The van der Waals surface area contributed by atoms with Crippen molar-refractivity contribution in [3.8, 4) is 0 Å². The maximum Gasteiger partial charge on any atom is 0.251 e. The number of halogens is 2. The zero-order valence-electron chi connectivity index (χ0n) is 18.9. The third-order valence-electron chi connectivity index (χ3n) is 5.20. The minimum atomic E-state index is -3.50. The van der Waals surface area contributed by atoms with Gasteiger partial charge in [-0.05, 0) is 60.0 Å². The number of benzene rings is 3. The third-order valence-corrected chi connectivity index (χ3v) is 7.93.